The van der Waals surface area contributed by atoms with Gasteiger partial charge in [-0.3, -0.25) is 4.98 Å². The molecule has 1 aromatic carbocycles. The van der Waals surface area contributed by atoms with Gasteiger partial charge in [0, 0.05) is 11.6 Å². The number of pyridine rings is 1. The molecule has 0 aliphatic rings. The van der Waals surface area contributed by atoms with Gasteiger partial charge in [0.15, 0.2) is 0 Å². The first-order chi connectivity index (χ1) is 10.3. The molecule has 21 heavy (non-hydrogen) atoms. The second kappa shape index (κ2) is 6.85. The Morgan fingerprint density at radius 2 is 2.19 bits per heavy atom. The third-order valence-electron chi connectivity index (χ3n) is 3.51. The lowest BCUT2D eigenvalue weighted by molar-refractivity contribution is 0.603. The minimum atomic E-state index is 0.234. The number of hydrogen-bond acceptors (Lipinski definition) is 3. The number of rotatable bonds is 5. The summed E-state index contributed by atoms with van der Waals surface area (Å²) in [6.07, 6.45) is 2.98. The van der Waals surface area contributed by atoms with Crippen molar-refractivity contribution in [1.82, 2.24) is 10.3 Å². The normalized spacial score (nSPS) is 12.7. The zero-order valence-electron chi connectivity index (χ0n) is 11.8. The van der Waals surface area contributed by atoms with Crippen LogP contribution < -0.4 is 5.32 Å². The van der Waals surface area contributed by atoms with Crippen LogP contribution >= 0.6 is 33.9 Å². The summed E-state index contributed by atoms with van der Waals surface area (Å²) in [7, 11) is 0. The summed E-state index contributed by atoms with van der Waals surface area (Å²) in [5.41, 5.74) is 3.71. The Labute approximate surface area is 142 Å². The first-order valence-electron chi connectivity index (χ1n) is 7.10. The van der Waals surface area contributed by atoms with Gasteiger partial charge in [0.25, 0.3) is 0 Å². The van der Waals surface area contributed by atoms with Crippen molar-refractivity contribution in [2.24, 2.45) is 0 Å². The van der Waals surface area contributed by atoms with E-state index in [4.69, 9.17) is 0 Å². The van der Waals surface area contributed by atoms with Crippen molar-refractivity contribution >= 4 is 44.8 Å². The van der Waals surface area contributed by atoms with Gasteiger partial charge in [0.2, 0.25) is 0 Å². The minimum absolute atomic E-state index is 0.234. The van der Waals surface area contributed by atoms with Gasteiger partial charge in [-0.25, -0.2) is 0 Å². The summed E-state index contributed by atoms with van der Waals surface area (Å²) in [5.74, 6) is 0. The van der Waals surface area contributed by atoms with Gasteiger partial charge in [-0.2, -0.15) is 0 Å². The lowest BCUT2D eigenvalue weighted by atomic mass is 9.97. The molecule has 0 spiro atoms. The Hall–Kier alpha value is -0.980. The number of hydrogen-bond donors (Lipinski definition) is 1. The van der Waals surface area contributed by atoms with Crippen LogP contribution in [0.4, 0.5) is 0 Å². The highest BCUT2D eigenvalue weighted by Gasteiger charge is 2.17. The Morgan fingerprint density at radius 1 is 1.29 bits per heavy atom. The number of halogens is 1. The smallest absolute Gasteiger partial charge is 0.0705 e. The lowest BCUT2D eigenvalue weighted by Crippen LogP contribution is -2.23. The third kappa shape index (κ3) is 3.27. The van der Waals surface area contributed by atoms with Gasteiger partial charge in [0.1, 0.15) is 0 Å². The molecule has 0 fully saturated rings. The maximum absolute atomic E-state index is 4.48. The number of nitrogens with zero attached hydrogens (tertiary/aromatic N) is 1. The van der Waals surface area contributed by atoms with Crippen molar-refractivity contribution in [1.29, 1.82) is 0 Å². The molecule has 0 saturated carbocycles. The number of aromatic nitrogens is 1. The summed E-state index contributed by atoms with van der Waals surface area (Å²) < 4.78 is 1.32. The summed E-state index contributed by atoms with van der Waals surface area (Å²) in [5, 5.41) is 7.17. The number of thiophene rings is 1. The molecule has 3 rings (SSSR count). The van der Waals surface area contributed by atoms with Crippen LogP contribution in [0.5, 0.6) is 0 Å². The first-order valence-corrected chi connectivity index (χ1v) is 9.06. The molecule has 0 radical (unpaired) electrons. The van der Waals surface area contributed by atoms with E-state index in [1.165, 1.54) is 19.4 Å². The van der Waals surface area contributed by atoms with E-state index in [-0.39, 0.29) is 6.04 Å². The number of nitrogens with one attached hydrogen (secondary N) is 1. The van der Waals surface area contributed by atoms with Crippen molar-refractivity contribution < 1.29 is 0 Å². The molecule has 0 saturated heterocycles. The second-order valence-corrected chi connectivity index (χ2v) is 7.79. The fourth-order valence-corrected chi connectivity index (χ4v) is 3.95. The van der Waals surface area contributed by atoms with E-state index in [0.717, 1.165) is 18.5 Å². The fraction of sp³-hybridized carbons (Fsp3) is 0.235. The van der Waals surface area contributed by atoms with E-state index in [0.29, 0.717) is 0 Å². The molecule has 4 heteroatoms. The average molecular weight is 408 g/mol. The largest absolute Gasteiger partial charge is 0.306 e. The predicted molar refractivity (Wildman–Crippen MR) is 98.9 cm³/mol. The first kappa shape index (κ1) is 14.9. The highest BCUT2D eigenvalue weighted by atomic mass is 127. The molecule has 0 aliphatic carbocycles. The molecule has 1 atom stereocenters. The third-order valence-corrected chi connectivity index (χ3v) is 5.32. The Morgan fingerprint density at radius 3 is 2.95 bits per heavy atom. The molecule has 2 heterocycles. The van der Waals surface area contributed by atoms with E-state index in [2.05, 4.69) is 75.5 Å². The van der Waals surface area contributed by atoms with E-state index in [1.807, 2.05) is 12.3 Å². The minimum Gasteiger partial charge on any atom is -0.306 e. The van der Waals surface area contributed by atoms with Crippen LogP contribution in [0, 0.1) is 2.88 Å². The van der Waals surface area contributed by atoms with Crippen LogP contribution in [-0.2, 0) is 0 Å². The molecular weight excluding hydrogens is 391 g/mol. The van der Waals surface area contributed by atoms with Crippen molar-refractivity contribution in [3.05, 3.63) is 62.0 Å². The topological polar surface area (TPSA) is 24.9 Å². The zero-order valence-corrected chi connectivity index (χ0v) is 14.8. The average Bonchev–Trinajstić information content (AvgIpc) is 2.94. The van der Waals surface area contributed by atoms with Gasteiger partial charge in [-0.1, -0.05) is 25.1 Å². The van der Waals surface area contributed by atoms with Crippen molar-refractivity contribution in [3.63, 3.8) is 0 Å². The van der Waals surface area contributed by atoms with Crippen LogP contribution in [0.15, 0.2) is 48.0 Å². The van der Waals surface area contributed by atoms with Gasteiger partial charge in [0.05, 0.1) is 14.4 Å². The van der Waals surface area contributed by atoms with E-state index in [1.54, 1.807) is 11.3 Å². The summed E-state index contributed by atoms with van der Waals surface area (Å²) in [4.78, 5) is 4.48. The van der Waals surface area contributed by atoms with Gasteiger partial charge in [-0.15, -0.1) is 11.3 Å². The van der Waals surface area contributed by atoms with E-state index < -0.39 is 0 Å². The molecule has 0 aliphatic heterocycles. The highest BCUT2D eigenvalue weighted by molar-refractivity contribution is 14.1. The maximum Gasteiger partial charge on any atom is 0.0705 e. The van der Waals surface area contributed by atoms with Gasteiger partial charge >= 0.3 is 0 Å². The van der Waals surface area contributed by atoms with Crippen LogP contribution in [0.3, 0.4) is 0 Å². The Bertz CT molecular complexity index is 733. The lowest BCUT2D eigenvalue weighted by Gasteiger charge is -2.20. The van der Waals surface area contributed by atoms with Crippen molar-refractivity contribution in [2.75, 3.05) is 6.54 Å². The fourth-order valence-electron chi connectivity index (χ4n) is 2.55. The highest BCUT2D eigenvalue weighted by Crippen LogP contribution is 2.31. The molecule has 1 N–H and O–H groups in total. The Kier molecular flexibility index (Phi) is 4.87. The van der Waals surface area contributed by atoms with Crippen LogP contribution in [0.1, 0.15) is 30.5 Å². The molecule has 0 amide bonds. The molecule has 3 aromatic rings. The van der Waals surface area contributed by atoms with Gasteiger partial charge < -0.3 is 5.32 Å². The van der Waals surface area contributed by atoms with Crippen molar-refractivity contribution in [3.8, 4) is 0 Å². The summed E-state index contributed by atoms with van der Waals surface area (Å²) >= 11 is 4.18. The quantitative estimate of drug-likeness (QED) is 0.602. The Balaban J connectivity index is 2.09. The number of benzene rings is 1. The monoisotopic (exact) mass is 408 g/mol. The molecule has 2 nitrogen and oxygen atoms in total. The molecule has 1 unspecified atom stereocenters. The van der Waals surface area contributed by atoms with E-state index in [9.17, 15) is 0 Å². The summed E-state index contributed by atoms with van der Waals surface area (Å²) in [6, 6.07) is 13.1. The molecular formula is C17H17IN2S. The van der Waals surface area contributed by atoms with Crippen LogP contribution in [0.2, 0.25) is 0 Å². The molecule has 2 aromatic heterocycles. The predicted octanol–water partition coefficient (Wildman–Crippen LogP) is 4.99. The van der Waals surface area contributed by atoms with Gasteiger partial charge in [-0.05, 0) is 70.3 Å². The summed E-state index contributed by atoms with van der Waals surface area (Å²) in [6.45, 7) is 3.21. The maximum atomic E-state index is 4.48. The zero-order chi connectivity index (χ0) is 14.7. The van der Waals surface area contributed by atoms with Crippen molar-refractivity contribution in [2.45, 2.75) is 19.4 Å². The van der Waals surface area contributed by atoms with Crippen LogP contribution in [-0.4, -0.2) is 11.5 Å². The number of fused-ring (bicyclic) bond motifs is 1. The molecule has 0 bridgehead atoms. The second-order valence-electron chi connectivity index (χ2n) is 4.99. The molecule has 108 valence electrons. The van der Waals surface area contributed by atoms with E-state index >= 15 is 0 Å². The SMILES string of the molecule is CCCNC(c1csc(I)c1)c1cccc2ncccc12. The van der Waals surface area contributed by atoms with Crippen LogP contribution in [0.25, 0.3) is 10.9 Å². The standard InChI is InChI=1S/C17H17IN2S/c1-2-8-20-17(12-10-16(18)21-11-12)14-5-3-7-15-13(14)6-4-9-19-15/h3-7,9-11,17,20H,2,8H2,1H3.